The van der Waals surface area contributed by atoms with Crippen molar-refractivity contribution in [1.82, 2.24) is 20.2 Å². The summed E-state index contributed by atoms with van der Waals surface area (Å²) < 4.78 is 10.4. The summed E-state index contributed by atoms with van der Waals surface area (Å²) in [7, 11) is 3.03. The van der Waals surface area contributed by atoms with Crippen LogP contribution in [0.5, 0.6) is 11.5 Å². The molecule has 0 aliphatic rings. The standard InChI is InChI=1S/C17H15N5O5/c1-10(23)11-4-6-13(14(8-11)22(24)25)21-19-17(18-20-21)12-5-7-15(26-2)16(9-12)27-3/h4-9H,1-3H3. The number of hydrogen-bond acceptors (Lipinski definition) is 8. The molecule has 0 bridgehead atoms. The molecule has 0 radical (unpaired) electrons. The van der Waals surface area contributed by atoms with Crippen molar-refractivity contribution < 1.29 is 19.2 Å². The first-order valence-corrected chi connectivity index (χ1v) is 7.76. The zero-order chi connectivity index (χ0) is 19.6. The number of nitro groups is 1. The van der Waals surface area contributed by atoms with Gasteiger partial charge in [-0.1, -0.05) is 0 Å². The molecular weight excluding hydrogens is 354 g/mol. The first-order valence-electron chi connectivity index (χ1n) is 7.76. The number of carbonyl (C=O) groups excluding carboxylic acids is 1. The Labute approximate surface area is 153 Å². The number of nitrogens with zero attached hydrogens (tertiary/aromatic N) is 5. The van der Waals surface area contributed by atoms with Crippen LogP contribution >= 0.6 is 0 Å². The third kappa shape index (κ3) is 3.45. The van der Waals surface area contributed by atoms with E-state index < -0.39 is 4.92 Å². The van der Waals surface area contributed by atoms with Gasteiger partial charge in [0.25, 0.3) is 5.69 Å². The molecule has 138 valence electrons. The van der Waals surface area contributed by atoms with E-state index in [0.29, 0.717) is 17.1 Å². The molecule has 3 aromatic rings. The van der Waals surface area contributed by atoms with Gasteiger partial charge in [0.1, 0.15) is 0 Å². The predicted molar refractivity (Wildman–Crippen MR) is 94.4 cm³/mol. The Balaban J connectivity index is 2.04. The Kier molecular flexibility index (Phi) is 4.79. The molecule has 2 aromatic carbocycles. The topological polar surface area (TPSA) is 122 Å². The van der Waals surface area contributed by atoms with Crippen molar-refractivity contribution in [2.45, 2.75) is 6.92 Å². The van der Waals surface area contributed by atoms with Gasteiger partial charge >= 0.3 is 0 Å². The molecular formula is C17H15N5O5. The first kappa shape index (κ1) is 18.0. The van der Waals surface area contributed by atoms with Crippen LogP contribution in [0, 0.1) is 10.1 Å². The van der Waals surface area contributed by atoms with E-state index in [9.17, 15) is 14.9 Å². The number of Topliss-reactive ketones (excluding diaryl/α,β-unsaturated/α-hetero) is 1. The Hall–Kier alpha value is -3.82. The van der Waals surface area contributed by atoms with Gasteiger partial charge in [0.05, 0.1) is 19.1 Å². The van der Waals surface area contributed by atoms with Crippen LogP contribution in [0.4, 0.5) is 5.69 Å². The number of tetrazole rings is 1. The van der Waals surface area contributed by atoms with Gasteiger partial charge in [-0.3, -0.25) is 14.9 Å². The second kappa shape index (κ2) is 7.20. The lowest BCUT2D eigenvalue weighted by atomic mass is 10.1. The monoisotopic (exact) mass is 369 g/mol. The summed E-state index contributed by atoms with van der Waals surface area (Å²) in [4.78, 5) is 23.3. The average molecular weight is 369 g/mol. The summed E-state index contributed by atoms with van der Waals surface area (Å²) in [5, 5.41) is 23.4. The minimum atomic E-state index is -0.596. The molecule has 3 rings (SSSR count). The van der Waals surface area contributed by atoms with Crippen LogP contribution < -0.4 is 9.47 Å². The summed E-state index contributed by atoms with van der Waals surface area (Å²) >= 11 is 0. The SMILES string of the molecule is COc1ccc(-c2nnn(-c3ccc(C(C)=O)cc3[N+](=O)[O-])n2)cc1OC. The van der Waals surface area contributed by atoms with Crippen molar-refractivity contribution in [1.29, 1.82) is 0 Å². The van der Waals surface area contributed by atoms with Crippen molar-refractivity contribution in [3.8, 4) is 28.6 Å². The van der Waals surface area contributed by atoms with Crippen LogP contribution in [0.2, 0.25) is 0 Å². The third-order valence-electron chi connectivity index (χ3n) is 3.85. The molecule has 1 heterocycles. The van der Waals surface area contributed by atoms with E-state index in [1.807, 2.05) is 0 Å². The number of methoxy groups -OCH3 is 2. The third-order valence-corrected chi connectivity index (χ3v) is 3.85. The molecule has 0 unspecified atom stereocenters. The molecule has 0 saturated carbocycles. The maximum atomic E-state index is 11.5. The van der Waals surface area contributed by atoms with Crippen molar-refractivity contribution in [2.75, 3.05) is 14.2 Å². The van der Waals surface area contributed by atoms with Gasteiger partial charge < -0.3 is 9.47 Å². The van der Waals surface area contributed by atoms with Gasteiger partial charge in [0.15, 0.2) is 23.0 Å². The highest BCUT2D eigenvalue weighted by atomic mass is 16.6. The van der Waals surface area contributed by atoms with Crippen molar-refractivity contribution in [2.24, 2.45) is 0 Å². The number of ether oxygens (including phenoxy) is 2. The Morgan fingerprint density at radius 1 is 1.11 bits per heavy atom. The lowest BCUT2D eigenvalue weighted by Crippen LogP contribution is -2.05. The van der Waals surface area contributed by atoms with Gasteiger partial charge in [-0.2, -0.15) is 0 Å². The second-order valence-corrected chi connectivity index (χ2v) is 5.49. The van der Waals surface area contributed by atoms with E-state index in [2.05, 4.69) is 15.4 Å². The molecule has 0 spiro atoms. The maximum Gasteiger partial charge on any atom is 0.297 e. The Morgan fingerprint density at radius 2 is 1.85 bits per heavy atom. The van der Waals surface area contributed by atoms with Gasteiger partial charge in [-0.25, -0.2) is 0 Å². The summed E-state index contributed by atoms with van der Waals surface area (Å²) in [6, 6.07) is 9.17. The van der Waals surface area contributed by atoms with Gasteiger partial charge in [0.2, 0.25) is 5.82 Å². The number of ketones is 1. The fourth-order valence-electron chi connectivity index (χ4n) is 2.47. The van der Waals surface area contributed by atoms with Crippen LogP contribution in [0.1, 0.15) is 17.3 Å². The number of aromatic nitrogens is 4. The highest BCUT2D eigenvalue weighted by Crippen LogP contribution is 2.31. The molecule has 0 aliphatic carbocycles. The summed E-state index contributed by atoms with van der Waals surface area (Å²) in [5.74, 6) is 1.01. The highest BCUT2D eigenvalue weighted by molar-refractivity contribution is 5.95. The fourth-order valence-corrected chi connectivity index (χ4v) is 2.47. The Morgan fingerprint density at radius 3 is 2.48 bits per heavy atom. The lowest BCUT2D eigenvalue weighted by molar-refractivity contribution is -0.384. The molecule has 0 saturated heterocycles. The molecule has 27 heavy (non-hydrogen) atoms. The number of rotatable bonds is 6. The molecule has 0 aliphatic heterocycles. The van der Waals surface area contributed by atoms with Crippen LogP contribution in [-0.2, 0) is 0 Å². The largest absolute Gasteiger partial charge is 0.493 e. The highest BCUT2D eigenvalue weighted by Gasteiger charge is 2.20. The molecule has 0 fully saturated rings. The first-order chi connectivity index (χ1) is 12.9. The molecule has 10 nitrogen and oxygen atoms in total. The van der Waals surface area contributed by atoms with Crippen LogP contribution in [0.3, 0.4) is 0 Å². The van der Waals surface area contributed by atoms with E-state index in [0.717, 1.165) is 4.80 Å². The molecule has 10 heteroatoms. The number of hydrogen-bond donors (Lipinski definition) is 0. The Bertz CT molecular complexity index is 1030. The quantitative estimate of drug-likeness (QED) is 0.369. The zero-order valence-electron chi connectivity index (χ0n) is 14.7. The van der Waals surface area contributed by atoms with Crippen molar-refractivity contribution >= 4 is 11.5 Å². The number of nitro benzene ring substituents is 1. The average Bonchev–Trinajstić information content (AvgIpc) is 3.16. The number of benzene rings is 2. The fraction of sp³-hybridized carbons (Fsp3) is 0.176. The maximum absolute atomic E-state index is 11.5. The summed E-state index contributed by atoms with van der Waals surface area (Å²) in [6.45, 7) is 1.33. The lowest BCUT2D eigenvalue weighted by Gasteiger charge is -2.07. The zero-order valence-corrected chi connectivity index (χ0v) is 14.7. The summed E-state index contributed by atoms with van der Waals surface area (Å²) in [5.41, 5.74) is 0.635. The van der Waals surface area contributed by atoms with Gasteiger partial charge in [-0.05, 0) is 42.5 Å². The minimum Gasteiger partial charge on any atom is -0.493 e. The van der Waals surface area contributed by atoms with Gasteiger partial charge in [-0.15, -0.1) is 15.0 Å². The smallest absolute Gasteiger partial charge is 0.297 e. The van der Waals surface area contributed by atoms with Crippen LogP contribution in [0.25, 0.3) is 17.1 Å². The van der Waals surface area contributed by atoms with Crippen LogP contribution in [-0.4, -0.2) is 45.1 Å². The summed E-state index contributed by atoms with van der Waals surface area (Å²) in [6.07, 6.45) is 0. The van der Waals surface area contributed by atoms with E-state index >= 15 is 0 Å². The molecule has 1 aromatic heterocycles. The normalized spacial score (nSPS) is 10.5. The molecule has 0 atom stereocenters. The van der Waals surface area contributed by atoms with E-state index in [-0.39, 0.29) is 28.5 Å². The predicted octanol–water partition coefficient (Wildman–Crippen LogP) is 2.46. The van der Waals surface area contributed by atoms with Crippen molar-refractivity contribution in [3.63, 3.8) is 0 Å². The minimum absolute atomic E-state index is 0.101. The van der Waals surface area contributed by atoms with E-state index in [1.165, 1.54) is 39.3 Å². The second-order valence-electron chi connectivity index (χ2n) is 5.49. The van der Waals surface area contributed by atoms with Crippen LogP contribution in [0.15, 0.2) is 36.4 Å². The van der Waals surface area contributed by atoms with E-state index in [1.54, 1.807) is 18.2 Å². The van der Waals surface area contributed by atoms with E-state index in [4.69, 9.17) is 9.47 Å². The van der Waals surface area contributed by atoms with Gasteiger partial charge in [0, 0.05) is 17.2 Å². The molecule has 0 amide bonds. The number of carbonyl (C=O) groups is 1. The molecule has 0 N–H and O–H groups in total. The van der Waals surface area contributed by atoms with Crippen molar-refractivity contribution in [3.05, 3.63) is 52.1 Å².